The smallest absolute Gasteiger partial charge is 0.269 e. The van der Waals surface area contributed by atoms with Crippen LogP contribution in [0.2, 0.25) is 0 Å². The molecule has 0 aliphatic carbocycles. The van der Waals surface area contributed by atoms with Crippen LogP contribution in [0.25, 0.3) is 11.6 Å². The quantitative estimate of drug-likeness (QED) is 0.510. The molecule has 0 bridgehead atoms. The van der Waals surface area contributed by atoms with Crippen molar-refractivity contribution in [3.8, 4) is 0 Å². The average molecular weight is 345 g/mol. The normalized spacial score (nSPS) is 14.9. The van der Waals surface area contributed by atoms with Crippen LogP contribution in [0, 0.1) is 10.1 Å². The molecule has 0 radical (unpaired) electrons. The molecule has 2 aromatic carbocycles. The Bertz CT molecular complexity index is 782. The molecule has 1 heterocycles. The van der Waals surface area contributed by atoms with Crippen molar-refractivity contribution in [1.29, 1.82) is 0 Å². The molecule has 1 aliphatic rings. The Morgan fingerprint density at radius 3 is 2.52 bits per heavy atom. The van der Waals surface area contributed by atoms with Crippen LogP contribution in [-0.2, 0) is 4.79 Å². The molecule has 0 unspecified atom stereocenters. The van der Waals surface area contributed by atoms with Gasteiger partial charge in [0.1, 0.15) is 0 Å². The molecule has 1 N–H and O–H groups in total. The topological polar surface area (TPSA) is 72.2 Å². The van der Waals surface area contributed by atoms with Crippen LogP contribution in [0.1, 0.15) is 11.1 Å². The summed E-state index contributed by atoms with van der Waals surface area (Å²) in [6.07, 6.45) is 1.72. The van der Waals surface area contributed by atoms with Crippen LogP contribution in [-0.4, -0.2) is 10.8 Å². The van der Waals surface area contributed by atoms with Crippen molar-refractivity contribution in [2.75, 3.05) is 5.32 Å². The van der Waals surface area contributed by atoms with Gasteiger partial charge in [0.2, 0.25) is 0 Å². The zero-order chi connectivity index (χ0) is 15.0. The van der Waals surface area contributed by atoms with Gasteiger partial charge in [0.05, 0.1) is 4.92 Å². The number of rotatable bonds is 2. The first-order chi connectivity index (χ1) is 10.0. The van der Waals surface area contributed by atoms with Crippen LogP contribution in [0.3, 0.4) is 0 Å². The first kappa shape index (κ1) is 13.5. The van der Waals surface area contributed by atoms with Crippen molar-refractivity contribution in [1.82, 2.24) is 0 Å². The molecule has 21 heavy (non-hydrogen) atoms. The Labute approximate surface area is 128 Å². The predicted octanol–water partition coefficient (Wildman–Crippen LogP) is 3.85. The number of nitrogens with zero attached hydrogens (tertiary/aromatic N) is 1. The van der Waals surface area contributed by atoms with Gasteiger partial charge >= 0.3 is 0 Å². The molecule has 5 nitrogen and oxygen atoms in total. The summed E-state index contributed by atoms with van der Waals surface area (Å²) in [5.74, 6) is -0.179. The lowest BCUT2D eigenvalue weighted by Crippen LogP contribution is -2.03. The lowest BCUT2D eigenvalue weighted by molar-refractivity contribution is -0.384. The molecule has 6 heteroatoms. The summed E-state index contributed by atoms with van der Waals surface area (Å²) in [6.45, 7) is 0. The van der Waals surface area contributed by atoms with Crippen molar-refractivity contribution in [3.63, 3.8) is 0 Å². The number of nitro groups is 1. The van der Waals surface area contributed by atoms with Crippen molar-refractivity contribution in [2.24, 2.45) is 0 Å². The second kappa shape index (κ2) is 5.14. The maximum Gasteiger partial charge on any atom is 0.269 e. The molecular weight excluding hydrogens is 336 g/mol. The number of fused-ring (bicyclic) bond motifs is 1. The Hall–Kier alpha value is -2.47. The number of carbonyl (C=O) groups is 1. The molecule has 0 atom stereocenters. The second-order valence-corrected chi connectivity index (χ2v) is 5.47. The van der Waals surface area contributed by atoms with Gasteiger partial charge in [-0.15, -0.1) is 0 Å². The highest BCUT2D eigenvalue weighted by molar-refractivity contribution is 9.10. The molecule has 2 aromatic rings. The summed E-state index contributed by atoms with van der Waals surface area (Å²) >= 11 is 3.38. The first-order valence-corrected chi connectivity index (χ1v) is 6.91. The molecule has 104 valence electrons. The summed E-state index contributed by atoms with van der Waals surface area (Å²) < 4.78 is 0.882. The number of hydrogen-bond donors (Lipinski definition) is 1. The number of halogens is 1. The highest BCUT2D eigenvalue weighted by Crippen LogP contribution is 2.35. The lowest BCUT2D eigenvalue weighted by Gasteiger charge is -2.00. The van der Waals surface area contributed by atoms with E-state index >= 15 is 0 Å². The van der Waals surface area contributed by atoms with Crippen molar-refractivity contribution < 1.29 is 9.72 Å². The van der Waals surface area contributed by atoms with E-state index in [1.54, 1.807) is 18.2 Å². The minimum Gasteiger partial charge on any atom is -0.321 e. The minimum absolute atomic E-state index is 0.0242. The standard InChI is InChI=1S/C15H9BrN2O3/c16-10-3-6-14-12(8-10)13(15(19)17-14)7-9-1-4-11(5-2-9)18(20)21/h1-8H,(H,17,19)/b13-7+. The van der Waals surface area contributed by atoms with Crippen LogP contribution in [0.4, 0.5) is 11.4 Å². The van der Waals surface area contributed by atoms with Crippen LogP contribution >= 0.6 is 15.9 Å². The molecule has 0 fully saturated rings. The summed E-state index contributed by atoms with van der Waals surface area (Å²) in [5.41, 5.74) is 2.87. The van der Waals surface area contributed by atoms with Gasteiger partial charge in [-0.2, -0.15) is 0 Å². The fourth-order valence-electron chi connectivity index (χ4n) is 2.16. The van der Waals surface area contributed by atoms with Gasteiger partial charge in [0, 0.05) is 33.4 Å². The molecule has 1 aliphatic heterocycles. The molecule has 0 saturated carbocycles. The number of carbonyl (C=O) groups excluding carboxylic acids is 1. The van der Waals surface area contributed by atoms with Gasteiger partial charge in [-0.1, -0.05) is 15.9 Å². The Balaban J connectivity index is 2.02. The number of nitrogens with one attached hydrogen (secondary N) is 1. The van der Waals surface area contributed by atoms with E-state index in [0.717, 1.165) is 21.3 Å². The molecular formula is C15H9BrN2O3. The number of nitro benzene ring substituents is 1. The molecule has 0 aromatic heterocycles. The van der Waals surface area contributed by atoms with E-state index in [0.29, 0.717) is 5.57 Å². The summed E-state index contributed by atoms with van der Waals surface area (Å²) in [4.78, 5) is 22.2. The summed E-state index contributed by atoms with van der Waals surface area (Å²) in [5, 5.41) is 13.4. The maximum atomic E-state index is 12.0. The highest BCUT2D eigenvalue weighted by atomic mass is 79.9. The van der Waals surface area contributed by atoms with Crippen LogP contribution in [0.15, 0.2) is 46.9 Å². The van der Waals surface area contributed by atoms with Gasteiger partial charge in [-0.05, 0) is 42.0 Å². The Kier molecular flexibility index (Phi) is 3.31. The predicted molar refractivity (Wildman–Crippen MR) is 83.7 cm³/mol. The number of benzene rings is 2. The average Bonchev–Trinajstić information content (AvgIpc) is 2.76. The van der Waals surface area contributed by atoms with Gasteiger partial charge in [-0.3, -0.25) is 14.9 Å². The van der Waals surface area contributed by atoms with Crippen molar-refractivity contribution in [3.05, 3.63) is 68.2 Å². The summed E-state index contributed by atoms with van der Waals surface area (Å²) in [7, 11) is 0. The van der Waals surface area contributed by atoms with E-state index in [1.807, 2.05) is 18.2 Å². The van der Waals surface area contributed by atoms with Gasteiger partial charge in [0.15, 0.2) is 0 Å². The second-order valence-electron chi connectivity index (χ2n) is 4.55. The van der Waals surface area contributed by atoms with Gasteiger partial charge in [-0.25, -0.2) is 0 Å². The summed E-state index contributed by atoms with van der Waals surface area (Å²) in [6, 6.07) is 11.6. The SMILES string of the molecule is O=C1Nc2ccc(Br)cc2/C1=C\c1ccc([N+](=O)[O-])cc1. The molecule has 3 rings (SSSR count). The van der Waals surface area contributed by atoms with Crippen molar-refractivity contribution >= 4 is 44.9 Å². The van der Waals surface area contributed by atoms with Crippen molar-refractivity contribution in [2.45, 2.75) is 0 Å². The number of amides is 1. The van der Waals surface area contributed by atoms with Crippen LogP contribution < -0.4 is 5.32 Å². The maximum absolute atomic E-state index is 12.0. The first-order valence-electron chi connectivity index (χ1n) is 6.12. The zero-order valence-corrected chi connectivity index (χ0v) is 12.3. The molecule has 1 amide bonds. The number of non-ortho nitro benzene ring substituents is 1. The Morgan fingerprint density at radius 1 is 1.14 bits per heavy atom. The van der Waals surface area contributed by atoms with Crippen LogP contribution in [0.5, 0.6) is 0 Å². The third kappa shape index (κ3) is 2.57. The zero-order valence-electron chi connectivity index (χ0n) is 10.7. The fourth-order valence-corrected chi connectivity index (χ4v) is 2.52. The monoisotopic (exact) mass is 344 g/mol. The third-order valence-electron chi connectivity index (χ3n) is 3.18. The Morgan fingerprint density at radius 2 is 1.86 bits per heavy atom. The van der Waals surface area contributed by atoms with E-state index in [-0.39, 0.29) is 11.6 Å². The largest absolute Gasteiger partial charge is 0.321 e. The third-order valence-corrected chi connectivity index (χ3v) is 3.67. The van der Waals surface area contributed by atoms with E-state index in [4.69, 9.17) is 0 Å². The van der Waals surface area contributed by atoms with E-state index in [9.17, 15) is 14.9 Å². The van der Waals surface area contributed by atoms with Gasteiger partial charge in [0.25, 0.3) is 11.6 Å². The van der Waals surface area contributed by atoms with E-state index in [1.165, 1.54) is 12.1 Å². The highest BCUT2D eigenvalue weighted by Gasteiger charge is 2.24. The number of hydrogen-bond acceptors (Lipinski definition) is 3. The fraction of sp³-hybridized carbons (Fsp3) is 0. The van der Waals surface area contributed by atoms with Gasteiger partial charge < -0.3 is 5.32 Å². The number of anilines is 1. The molecule has 0 spiro atoms. The lowest BCUT2D eigenvalue weighted by atomic mass is 10.0. The minimum atomic E-state index is -0.453. The van der Waals surface area contributed by atoms with E-state index in [2.05, 4.69) is 21.2 Å². The molecule has 0 saturated heterocycles. The van der Waals surface area contributed by atoms with E-state index < -0.39 is 4.92 Å².